The molecule has 1 saturated heterocycles. The zero-order chi connectivity index (χ0) is 13.2. The largest absolute Gasteiger partial charge is 0.459 e. The zero-order valence-electron chi connectivity index (χ0n) is 11.0. The lowest BCUT2D eigenvalue weighted by atomic mass is 10.1. The molecule has 0 saturated carbocycles. The minimum atomic E-state index is -0.145. The van der Waals surface area contributed by atoms with E-state index in [1.54, 1.807) is 6.26 Å². The Labute approximate surface area is 111 Å². The van der Waals surface area contributed by atoms with E-state index in [4.69, 9.17) is 8.83 Å². The van der Waals surface area contributed by atoms with Crippen LogP contribution in [0, 0.1) is 6.92 Å². The number of rotatable bonds is 3. The fourth-order valence-corrected chi connectivity index (χ4v) is 2.37. The second-order valence-corrected chi connectivity index (χ2v) is 5.01. The number of nitrogens with zero attached hydrogens (tertiary/aromatic N) is 2. The van der Waals surface area contributed by atoms with Crippen LogP contribution >= 0.6 is 0 Å². The Morgan fingerprint density at radius 3 is 2.89 bits per heavy atom. The summed E-state index contributed by atoms with van der Waals surface area (Å²) >= 11 is 0. The standard InChI is InChI=1S/C14H18N2O3/c1-10-12(9-16-6-4-11(17)5-7-16)15-14(19-10)13-3-2-8-18-13/h2-3,8,11,17H,4-7,9H2,1H3. The fraction of sp³-hybridized carbons (Fsp3) is 0.500. The number of hydrogen-bond acceptors (Lipinski definition) is 5. The van der Waals surface area contributed by atoms with Gasteiger partial charge in [-0.3, -0.25) is 4.90 Å². The molecule has 0 radical (unpaired) electrons. The van der Waals surface area contributed by atoms with Gasteiger partial charge in [0.05, 0.1) is 18.1 Å². The highest BCUT2D eigenvalue weighted by Crippen LogP contribution is 2.23. The third-order valence-corrected chi connectivity index (χ3v) is 3.56. The van der Waals surface area contributed by atoms with Crippen LogP contribution in [-0.2, 0) is 6.54 Å². The predicted molar refractivity (Wildman–Crippen MR) is 69.5 cm³/mol. The van der Waals surface area contributed by atoms with Gasteiger partial charge in [0.25, 0.3) is 5.89 Å². The van der Waals surface area contributed by atoms with Crippen LogP contribution in [0.15, 0.2) is 27.2 Å². The van der Waals surface area contributed by atoms with Crippen molar-refractivity contribution in [2.45, 2.75) is 32.4 Å². The van der Waals surface area contributed by atoms with E-state index in [9.17, 15) is 5.11 Å². The Hall–Kier alpha value is -1.59. The van der Waals surface area contributed by atoms with Crippen LogP contribution in [0.1, 0.15) is 24.3 Å². The van der Waals surface area contributed by atoms with Crippen molar-refractivity contribution in [1.82, 2.24) is 9.88 Å². The Bertz CT molecular complexity index is 525. The monoisotopic (exact) mass is 262 g/mol. The Morgan fingerprint density at radius 1 is 1.42 bits per heavy atom. The first-order valence-electron chi connectivity index (χ1n) is 6.63. The van der Waals surface area contributed by atoms with Gasteiger partial charge in [0, 0.05) is 19.6 Å². The summed E-state index contributed by atoms with van der Waals surface area (Å²) in [6.07, 6.45) is 3.14. The first-order valence-corrected chi connectivity index (χ1v) is 6.63. The normalized spacial score (nSPS) is 18.0. The highest BCUT2D eigenvalue weighted by molar-refractivity contribution is 5.44. The number of aliphatic hydroxyl groups is 1. The molecule has 102 valence electrons. The van der Waals surface area contributed by atoms with Crippen LogP contribution in [0.5, 0.6) is 0 Å². The van der Waals surface area contributed by atoms with Crippen LogP contribution < -0.4 is 0 Å². The van der Waals surface area contributed by atoms with Gasteiger partial charge < -0.3 is 13.9 Å². The van der Waals surface area contributed by atoms with E-state index >= 15 is 0 Å². The maximum Gasteiger partial charge on any atom is 0.263 e. The molecule has 0 aliphatic carbocycles. The van der Waals surface area contributed by atoms with E-state index in [-0.39, 0.29) is 6.10 Å². The van der Waals surface area contributed by atoms with Crippen LogP contribution in [0.25, 0.3) is 11.7 Å². The highest BCUT2D eigenvalue weighted by atomic mass is 16.4. The van der Waals surface area contributed by atoms with Gasteiger partial charge in [0.15, 0.2) is 5.76 Å². The molecule has 19 heavy (non-hydrogen) atoms. The lowest BCUT2D eigenvalue weighted by molar-refractivity contribution is 0.0785. The molecule has 0 atom stereocenters. The summed E-state index contributed by atoms with van der Waals surface area (Å²) in [6, 6.07) is 3.66. The second-order valence-electron chi connectivity index (χ2n) is 5.01. The lowest BCUT2D eigenvalue weighted by Crippen LogP contribution is -2.35. The van der Waals surface area contributed by atoms with Crippen molar-refractivity contribution in [1.29, 1.82) is 0 Å². The molecule has 2 aromatic rings. The van der Waals surface area contributed by atoms with E-state index in [1.807, 2.05) is 19.1 Å². The molecule has 1 N–H and O–H groups in total. The van der Waals surface area contributed by atoms with E-state index in [0.29, 0.717) is 11.7 Å². The molecule has 5 heteroatoms. The van der Waals surface area contributed by atoms with Gasteiger partial charge in [-0.25, -0.2) is 4.98 Å². The summed E-state index contributed by atoms with van der Waals surface area (Å²) < 4.78 is 10.9. The van der Waals surface area contributed by atoms with Gasteiger partial charge in [-0.05, 0) is 31.9 Å². The molecule has 1 aliphatic heterocycles. The fourth-order valence-electron chi connectivity index (χ4n) is 2.37. The summed E-state index contributed by atoms with van der Waals surface area (Å²) in [5.74, 6) is 2.02. The van der Waals surface area contributed by atoms with Crippen molar-refractivity contribution >= 4 is 0 Å². The minimum Gasteiger partial charge on any atom is -0.459 e. The van der Waals surface area contributed by atoms with Gasteiger partial charge in [0.2, 0.25) is 0 Å². The molecule has 0 spiro atoms. The van der Waals surface area contributed by atoms with Crippen LogP contribution in [-0.4, -0.2) is 34.2 Å². The molecular weight excluding hydrogens is 244 g/mol. The number of oxazole rings is 1. The third kappa shape index (κ3) is 2.72. The van der Waals surface area contributed by atoms with Gasteiger partial charge in [-0.15, -0.1) is 0 Å². The number of piperidine rings is 1. The molecule has 1 fully saturated rings. The van der Waals surface area contributed by atoms with Crippen molar-refractivity contribution in [3.8, 4) is 11.7 Å². The average molecular weight is 262 g/mol. The third-order valence-electron chi connectivity index (χ3n) is 3.56. The Kier molecular flexibility index (Phi) is 3.40. The molecule has 3 heterocycles. The number of aromatic nitrogens is 1. The molecule has 0 aromatic carbocycles. The maximum absolute atomic E-state index is 9.50. The van der Waals surface area contributed by atoms with Crippen LogP contribution in [0.2, 0.25) is 0 Å². The van der Waals surface area contributed by atoms with Crippen LogP contribution in [0.4, 0.5) is 0 Å². The van der Waals surface area contributed by atoms with Gasteiger partial charge in [0.1, 0.15) is 5.76 Å². The van der Waals surface area contributed by atoms with Crippen molar-refractivity contribution in [2.75, 3.05) is 13.1 Å². The molecule has 0 amide bonds. The van der Waals surface area contributed by atoms with Crippen LogP contribution in [0.3, 0.4) is 0 Å². The summed E-state index contributed by atoms with van der Waals surface area (Å²) in [7, 11) is 0. The molecule has 1 aliphatic rings. The number of aliphatic hydroxyl groups excluding tert-OH is 1. The summed E-state index contributed by atoms with van der Waals surface area (Å²) in [4.78, 5) is 6.80. The van der Waals surface area contributed by atoms with Gasteiger partial charge >= 0.3 is 0 Å². The number of hydrogen-bond donors (Lipinski definition) is 1. The van der Waals surface area contributed by atoms with Crippen molar-refractivity contribution in [3.63, 3.8) is 0 Å². The molecule has 0 bridgehead atoms. The molecule has 3 rings (SSSR count). The predicted octanol–water partition coefficient (Wildman–Crippen LogP) is 2.20. The van der Waals surface area contributed by atoms with E-state index in [0.717, 1.165) is 43.9 Å². The maximum atomic E-state index is 9.50. The lowest BCUT2D eigenvalue weighted by Gasteiger charge is -2.28. The minimum absolute atomic E-state index is 0.145. The SMILES string of the molecule is Cc1oc(-c2ccco2)nc1CN1CCC(O)CC1. The first-order chi connectivity index (χ1) is 9.22. The Balaban J connectivity index is 1.71. The molecular formula is C14H18N2O3. The van der Waals surface area contributed by atoms with E-state index in [2.05, 4.69) is 9.88 Å². The number of aryl methyl sites for hydroxylation is 1. The summed E-state index contributed by atoms with van der Waals surface area (Å²) in [6.45, 7) is 4.50. The van der Waals surface area contributed by atoms with Crippen molar-refractivity contribution in [2.24, 2.45) is 0 Å². The topological polar surface area (TPSA) is 62.6 Å². The first kappa shape index (κ1) is 12.4. The van der Waals surface area contributed by atoms with Crippen molar-refractivity contribution < 1.29 is 13.9 Å². The number of likely N-dealkylation sites (tertiary alicyclic amines) is 1. The molecule has 0 unspecified atom stereocenters. The smallest absolute Gasteiger partial charge is 0.263 e. The van der Waals surface area contributed by atoms with E-state index < -0.39 is 0 Å². The molecule has 5 nitrogen and oxygen atoms in total. The number of furan rings is 1. The summed E-state index contributed by atoms with van der Waals surface area (Å²) in [5, 5.41) is 9.50. The van der Waals surface area contributed by atoms with E-state index in [1.165, 1.54) is 0 Å². The highest BCUT2D eigenvalue weighted by Gasteiger charge is 2.20. The second kappa shape index (κ2) is 5.19. The summed E-state index contributed by atoms with van der Waals surface area (Å²) in [5.41, 5.74) is 0.947. The van der Waals surface area contributed by atoms with Gasteiger partial charge in [-0.2, -0.15) is 0 Å². The average Bonchev–Trinajstić information content (AvgIpc) is 3.03. The van der Waals surface area contributed by atoms with Gasteiger partial charge in [-0.1, -0.05) is 0 Å². The Morgan fingerprint density at radius 2 is 2.21 bits per heavy atom. The molecule has 2 aromatic heterocycles. The van der Waals surface area contributed by atoms with Crippen molar-refractivity contribution in [3.05, 3.63) is 29.9 Å². The zero-order valence-corrected chi connectivity index (χ0v) is 11.0. The quantitative estimate of drug-likeness (QED) is 0.918.